The Morgan fingerprint density at radius 1 is 1.21 bits per heavy atom. The zero-order valence-electron chi connectivity index (χ0n) is 14.8. The molecule has 11 heteroatoms. The van der Waals surface area contributed by atoms with Gasteiger partial charge in [0.1, 0.15) is 0 Å². The Labute approximate surface area is 176 Å². The van der Waals surface area contributed by atoms with Crippen LogP contribution in [0.2, 0.25) is 0 Å². The monoisotopic (exact) mass is 489 g/mol. The number of benzene rings is 1. The Morgan fingerprint density at radius 3 is 2.62 bits per heavy atom. The maximum Gasteiger partial charge on any atom is 0.416 e. The Kier molecular flexibility index (Phi) is 6.27. The van der Waals surface area contributed by atoms with Gasteiger partial charge in [-0.15, -0.1) is 11.3 Å². The molecule has 1 aliphatic rings. The number of thiophene rings is 1. The first kappa shape index (κ1) is 21.3. The summed E-state index contributed by atoms with van der Waals surface area (Å²) in [5.74, 6) is -2.06. The van der Waals surface area contributed by atoms with Crippen LogP contribution in [0.4, 0.5) is 13.2 Å². The Balaban J connectivity index is 1.55. The summed E-state index contributed by atoms with van der Waals surface area (Å²) < 4.78 is 39.3. The van der Waals surface area contributed by atoms with Gasteiger partial charge in [0.15, 0.2) is 0 Å². The van der Waals surface area contributed by atoms with Gasteiger partial charge in [-0.25, -0.2) is 0 Å². The summed E-state index contributed by atoms with van der Waals surface area (Å²) >= 11 is 4.43. The number of carbonyl (C=O) groups excluding carboxylic acids is 3. The van der Waals surface area contributed by atoms with Crippen molar-refractivity contribution in [1.29, 1.82) is 0 Å². The first-order valence-corrected chi connectivity index (χ1v) is 10.0. The fraction of sp³-hybridized carbons (Fsp3) is 0.278. The maximum atomic E-state index is 12.8. The van der Waals surface area contributed by atoms with Crippen LogP contribution < -0.4 is 10.9 Å². The number of alkyl halides is 3. The van der Waals surface area contributed by atoms with Gasteiger partial charge in [0.2, 0.25) is 11.8 Å². The highest BCUT2D eigenvalue weighted by molar-refractivity contribution is 9.11. The van der Waals surface area contributed by atoms with E-state index in [0.717, 1.165) is 15.9 Å². The highest BCUT2D eigenvalue weighted by Crippen LogP contribution is 2.30. The average molecular weight is 490 g/mol. The van der Waals surface area contributed by atoms with E-state index in [2.05, 4.69) is 26.8 Å². The molecule has 0 radical (unpaired) electrons. The first-order chi connectivity index (χ1) is 13.6. The molecule has 6 nitrogen and oxygen atoms in total. The molecular weight excluding hydrogens is 475 g/mol. The van der Waals surface area contributed by atoms with Crippen LogP contribution in [0.25, 0.3) is 0 Å². The highest BCUT2D eigenvalue weighted by Gasteiger charge is 2.35. The topological polar surface area (TPSA) is 78.5 Å². The predicted octanol–water partition coefficient (Wildman–Crippen LogP) is 3.34. The second-order valence-electron chi connectivity index (χ2n) is 6.42. The SMILES string of the molecule is O=C(NNC(=O)C1CC(=O)N(Cc2cccc(C(F)(F)F)c2)C1)c1ccc(Br)s1. The van der Waals surface area contributed by atoms with Gasteiger partial charge < -0.3 is 4.90 Å². The van der Waals surface area contributed by atoms with E-state index >= 15 is 0 Å². The number of likely N-dealkylation sites (tertiary alicyclic amines) is 1. The molecule has 1 aromatic heterocycles. The molecule has 1 saturated heterocycles. The van der Waals surface area contributed by atoms with Crippen molar-refractivity contribution >= 4 is 45.0 Å². The first-order valence-electron chi connectivity index (χ1n) is 8.43. The third-order valence-corrected chi connectivity index (χ3v) is 5.93. The lowest BCUT2D eigenvalue weighted by Gasteiger charge is -2.17. The van der Waals surface area contributed by atoms with Crippen molar-refractivity contribution in [3.8, 4) is 0 Å². The summed E-state index contributed by atoms with van der Waals surface area (Å²) in [4.78, 5) is 38.1. The minimum atomic E-state index is -4.47. The number of nitrogens with zero attached hydrogens (tertiary/aromatic N) is 1. The van der Waals surface area contributed by atoms with E-state index in [-0.39, 0.29) is 25.4 Å². The zero-order valence-corrected chi connectivity index (χ0v) is 17.2. The van der Waals surface area contributed by atoms with Gasteiger partial charge in [-0.1, -0.05) is 12.1 Å². The maximum absolute atomic E-state index is 12.8. The molecule has 3 amide bonds. The van der Waals surface area contributed by atoms with Crippen LogP contribution in [-0.2, 0) is 22.3 Å². The average Bonchev–Trinajstić information content (AvgIpc) is 3.25. The minimum Gasteiger partial charge on any atom is -0.338 e. The highest BCUT2D eigenvalue weighted by atomic mass is 79.9. The van der Waals surface area contributed by atoms with Crippen molar-refractivity contribution in [1.82, 2.24) is 15.8 Å². The number of hydrogen-bond donors (Lipinski definition) is 2. The summed E-state index contributed by atoms with van der Waals surface area (Å²) in [5.41, 5.74) is 4.11. The molecule has 0 saturated carbocycles. The summed E-state index contributed by atoms with van der Waals surface area (Å²) in [6.45, 7) is 0.0312. The van der Waals surface area contributed by atoms with Gasteiger partial charge in [0.25, 0.3) is 5.91 Å². The summed E-state index contributed by atoms with van der Waals surface area (Å²) in [7, 11) is 0. The molecule has 1 fully saturated rings. The summed E-state index contributed by atoms with van der Waals surface area (Å²) in [5, 5.41) is 0. The number of rotatable bonds is 4. The van der Waals surface area contributed by atoms with E-state index in [4.69, 9.17) is 0 Å². The van der Waals surface area contributed by atoms with Crippen LogP contribution in [0.1, 0.15) is 27.2 Å². The van der Waals surface area contributed by atoms with Crippen molar-refractivity contribution < 1.29 is 27.6 Å². The molecule has 154 valence electrons. The van der Waals surface area contributed by atoms with Crippen molar-refractivity contribution in [3.05, 3.63) is 56.2 Å². The normalized spacial score (nSPS) is 16.8. The number of nitrogens with one attached hydrogen (secondary N) is 2. The lowest BCUT2D eigenvalue weighted by molar-refractivity contribution is -0.137. The van der Waals surface area contributed by atoms with E-state index in [1.54, 1.807) is 12.1 Å². The van der Waals surface area contributed by atoms with Gasteiger partial charge in [-0.3, -0.25) is 25.2 Å². The van der Waals surface area contributed by atoms with Gasteiger partial charge in [0, 0.05) is 19.5 Å². The van der Waals surface area contributed by atoms with Crippen LogP contribution in [0.5, 0.6) is 0 Å². The van der Waals surface area contributed by atoms with Gasteiger partial charge >= 0.3 is 6.18 Å². The fourth-order valence-electron chi connectivity index (χ4n) is 2.89. The summed E-state index contributed by atoms with van der Waals surface area (Å²) in [6, 6.07) is 8.01. The standard InChI is InChI=1S/C18H15BrF3N3O3S/c19-14-5-4-13(29-14)17(28)24-23-16(27)11-7-15(26)25(9-11)8-10-2-1-3-12(6-10)18(20,21)22/h1-6,11H,7-9H2,(H,23,27)(H,24,28). The quantitative estimate of drug-likeness (QED) is 0.646. The molecule has 1 unspecified atom stereocenters. The molecule has 2 aromatic rings. The third-order valence-electron chi connectivity index (χ3n) is 4.31. The molecule has 0 aliphatic carbocycles. The largest absolute Gasteiger partial charge is 0.416 e. The van der Waals surface area contributed by atoms with E-state index < -0.39 is 29.5 Å². The van der Waals surface area contributed by atoms with Gasteiger partial charge in [-0.2, -0.15) is 13.2 Å². The van der Waals surface area contributed by atoms with Crippen LogP contribution in [0.15, 0.2) is 40.2 Å². The predicted molar refractivity (Wildman–Crippen MR) is 103 cm³/mol. The molecule has 1 aliphatic heterocycles. The molecule has 2 heterocycles. The van der Waals surface area contributed by atoms with E-state index in [0.29, 0.717) is 10.4 Å². The van der Waals surface area contributed by atoms with E-state index in [9.17, 15) is 27.6 Å². The third kappa shape index (κ3) is 5.36. The molecular formula is C18H15BrF3N3O3S. The van der Waals surface area contributed by atoms with Gasteiger partial charge in [-0.05, 0) is 45.8 Å². The molecule has 2 N–H and O–H groups in total. The number of carbonyl (C=O) groups is 3. The molecule has 1 atom stereocenters. The van der Waals surface area contributed by atoms with Crippen molar-refractivity contribution in [3.63, 3.8) is 0 Å². The summed E-state index contributed by atoms with van der Waals surface area (Å²) in [6.07, 6.45) is -4.55. The lowest BCUT2D eigenvalue weighted by Crippen LogP contribution is -2.44. The van der Waals surface area contributed by atoms with Crippen LogP contribution in [-0.4, -0.2) is 29.2 Å². The fourth-order valence-corrected chi connectivity index (χ4v) is 4.17. The lowest BCUT2D eigenvalue weighted by atomic mass is 10.1. The van der Waals surface area contributed by atoms with Gasteiger partial charge in [0.05, 0.1) is 20.1 Å². The molecule has 1 aromatic carbocycles. The van der Waals surface area contributed by atoms with Crippen molar-refractivity contribution in [2.24, 2.45) is 5.92 Å². The molecule has 3 rings (SSSR count). The number of amides is 3. The minimum absolute atomic E-state index is 0.0257. The molecule has 0 bridgehead atoms. The van der Waals surface area contributed by atoms with E-state index in [1.807, 2.05) is 0 Å². The van der Waals surface area contributed by atoms with Crippen molar-refractivity contribution in [2.75, 3.05) is 6.54 Å². The van der Waals surface area contributed by atoms with E-state index in [1.165, 1.54) is 28.4 Å². The Hall–Kier alpha value is -2.40. The van der Waals surface area contributed by atoms with Crippen LogP contribution in [0, 0.1) is 5.92 Å². The molecule has 0 spiro atoms. The Morgan fingerprint density at radius 2 is 1.97 bits per heavy atom. The second-order valence-corrected chi connectivity index (χ2v) is 8.88. The molecule has 29 heavy (non-hydrogen) atoms. The number of halogens is 4. The number of hydrogen-bond acceptors (Lipinski definition) is 4. The zero-order chi connectivity index (χ0) is 21.2. The second kappa shape index (κ2) is 8.54. The van der Waals surface area contributed by atoms with Crippen LogP contribution >= 0.6 is 27.3 Å². The number of hydrazine groups is 1. The van der Waals surface area contributed by atoms with Crippen LogP contribution in [0.3, 0.4) is 0 Å². The Bertz CT molecular complexity index is 948. The van der Waals surface area contributed by atoms with Crippen molar-refractivity contribution in [2.45, 2.75) is 19.1 Å². The smallest absolute Gasteiger partial charge is 0.338 e.